The number of cyclic esters (lactones) is 1. The quantitative estimate of drug-likeness (QED) is 0.776. The van der Waals surface area contributed by atoms with Gasteiger partial charge >= 0.3 is 6.09 Å². The van der Waals surface area contributed by atoms with E-state index in [0.717, 1.165) is 13.0 Å². The molecule has 1 amide bonds. The number of rotatable bonds is 1. The van der Waals surface area contributed by atoms with Gasteiger partial charge in [0.25, 0.3) is 0 Å². The van der Waals surface area contributed by atoms with Gasteiger partial charge in [0.05, 0.1) is 12.6 Å². The number of amides is 1. The highest BCUT2D eigenvalue weighted by molar-refractivity contribution is 5.70. The molecule has 1 fully saturated rings. The van der Waals surface area contributed by atoms with Crippen molar-refractivity contribution in [2.24, 2.45) is 0 Å². The fourth-order valence-corrected chi connectivity index (χ4v) is 2.38. The average Bonchev–Trinajstić information content (AvgIpc) is 2.75. The van der Waals surface area contributed by atoms with Crippen LogP contribution in [0.2, 0.25) is 0 Å². The normalized spacial score (nSPS) is 23.6. The van der Waals surface area contributed by atoms with E-state index >= 15 is 0 Å². The van der Waals surface area contributed by atoms with Gasteiger partial charge in [0.1, 0.15) is 6.61 Å². The van der Waals surface area contributed by atoms with Crippen LogP contribution in [-0.4, -0.2) is 36.7 Å². The van der Waals surface area contributed by atoms with Crippen molar-refractivity contribution in [2.45, 2.75) is 12.5 Å². The van der Waals surface area contributed by atoms with E-state index in [2.05, 4.69) is 17.4 Å². The van der Waals surface area contributed by atoms with Crippen molar-refractivity contribution in [3.63, 3.8) is 0 Å². The minimum atomic E-state index is -0.175. The molecule has 3 rings (SSSR count). The topological polar surface area (TPSA) is 41.6 Å². The van der Waals surface area contributed by atoms with Crippen LogP contribution < -0.4 is 5.32 Å². The highest BCUT2D eigenvalue weighted by Gasteiger charge is 2.31. The maximum atomic E-state index is 11.5. The molecule has 1 atom stereocenters. The number of carbonyl (C=O) groups is 1. The minimum absolute atomic E-state index is 0.175. The molecule has 1 aromatic rings. The highest BCUT2D eigenvalue weighted by atomic mass is 16.6. The number of hydrogen-bond acceptors (Lipinski definition) is 3. The maximum Gasteiger partial charge on any atom is 0.410 e. The zero-order valence-corrected chi connectivity index (χ0v) is 8.98. The predicted molar refractivity (Wildman–Crippen MR) is 60.5 cm³/mol. The summed E-state index contributed by atoms with van der Waals surface area (Å²) in [6.45, 7) is 2.05. The van der Waals surface area contributed by atoms with Crippen molar-refractivity contribution in [1.82, 2.24) is 4.90 Å². The molecule has 0 saturated carbocycles. The molecular formula is C12H14N2O2. The van der Waals surface area contributed by atoms with Crippen molar-refractivity contribution in [3.05, 3.63) is 29.8 Å². The number of fused-ring (bicyclic) bond motifs is 1. The van der Waals surface area contributed by atoms with Crippen LogP contribution in [0.15, 0.2) is 24.3 Å². The molecule has 0 bridgehead atoms. The summed E-state index contributed by atoms with van der Waals surface area (Å²) in [7, 11) is 0. The predicted octanol–water partition coefficient (Wildman–Crippen LogP) is 1.48. The van der Waals surface area contributed by atoms with Gasteiger partial charge in [-0.05, 0) is 18.1 Å². The van der Waals surface area contributed by atoms with Crippen molar-refractivity contribution >= 4 is 11.8 Å². The van der Waals surface area contributed by atoms with E-state index in [1.165, 1.54) is 11.3 Å². The molecule has 1 N–H and O–H groups in total. The summed E-state index contributed by atoms with van der Waals surface area (Å²) in [4.78, 5) is 13.3. The van der Waals surface area contributed by atoms with Crippen LogP contribution in [0.4, 0.5) is 10.5 Å². The first-order chi connectivity index (χ1) is 7.84. The lowest BCUT2D eigenvalue weighted by molar-refractivity contribution is 0.148. The fourth-order valence-electron chi connectivity index (χ4n) is 2.38. The molecule has 2 aliphatic heterocycles. The van der Waals surface area contributed by atoms with Gasteiger partial charge in [-0.3, -0.25) is 4.90 Å². The third kappa shape index (κ3) is 1.50. The van der Waals surface area contributed by atoms with E-state index in [1.54, 1.807) is 0 Å². The minimum Gasteiger partial charge on any atom is -0.448 e. The third-order valence-electron chi connectivity index (χ3n) is 3.23. The third-order valence-corrected chi connectivity index (χ3v) is 3.23. The molecule has 16 heavy (non-hydrogen) atoms. The Hall–Kier alpha value is -1.71. The van der Waals surface area contributed by atoms with E-state index in [9.17, 15) is 4.79 Å². The second kappa shape index (κ2) is 3.70. The Labute approximate surface area is 94.2 Å². The Bertz CT molecular complexity index is 419. The van der Waals surface area contributed by atoms with Gasteiger partial charge in [0.15, 0.2) is 0 Å². The molecule has 2 aliphatic rings. The number of anilines is 1. The van der Waals surface area contributed by atoms with E-state index in [4.69, 9.17) is 4.74 Å². The molecule has 1 aromatic carbocycles. The van der Waals surface area contributed by atoms with Crippen LogP contribution in [0, 0.1) is 0 Å². The summed E-state index contributed by atoms with van der Waals surface area (Å²) in [5.74, 6) is 0. The largest absolute Gasteiger partial charge is 0.448 e. The Balaban J connectivity index is 1.80. The SMILES string of the molecule is O=C1OCCN1C1CNc2ccccc2C1. The van der Waals surface area contributed by atoms with E-state index < -0.39 is 0 Å². The van der Waals surface area contributed by atoms with E-state index in [1.807, 2.05) is 17.0 Å². The van der Waals surface area contributed by atoms with Gasteiger partial charge in [0.2, 0.25) is 0 Å². The standard InChI is InChI=1S/C12H14N2O2/c15-12-14(5-6-16-12)10-7-9-3-1-2-4-11(9)13-8-10/h1-4,10,13H,5-8H2. The van der Waals surface area contributed by atoms with E-state index in [0.29, 0.717) is 13.2 Å². The fraction of sp³-hybridized carbons (Fsp3) is 0.417. The second-order valence-corrected chi connectivity index (χ2v) is 4.20. The summed E-state index contributed by atoms with van der Waals surface area (Å²) >= 11 is 0. The molecule has 0 radical (unpaired) electrons. The number of carbonyl (C=O) groups excluding carboxylic acids is 1. The Morgan fingerprint density at radius 2 is 2.25 bits per heavy atom. The molecule has 84 valence electrons. The number of hydrogen-bond donors (Lipinski definition) is 1. The first kappa shape index (κ1) is 9.51. The lowest BCUT2D eigenvalue weighted by Gasteiger charge is -2.31. The monoisotopic (exact) mass is 218 g/mol. The van der Waals surface area contributed by atoms with Crippen molar-refractivity contribution in [2.75, 3.05) is 25.0 Å². The zero-order chi connectivity index (χ0) is 11.0. The Morgan fingerprint density at radius 1 is 1.38 bits per heavy atom. The highest BCUT2D eigenvalue weighted by Crippen LogP contribution is 2.24. The van der Waals surface area contributed by atoms with Crippen LogP contribution >= 0.6 is 0 Å². The van der Waals surface area contributed by atoms with Crippen LogP contribution in [0.1, 0.15) is 5.56 Å². The summed E-state index contributed by atoms with van der Waals surface area (Å²) in [5.41, 5.74) is 2.46. The number of para-hydroxylation sites is 1. The van der Waals surface area contributed by atoms with Crippen molar-refractivity contribution in [3.8, 4) is 0 Å². The molecule has 1 saturated heterocycles. The number of ether oxygens (including phenoxy) is 1. The summed E-state index contributed by atoms with van der Waals surface area (Å²) < 4.78 is 4.97. The van der Waals surface area contributed by atoms with Gasteiger partial charge in [-0.1, -0.05) is 18.2 Å². The summed E-state index contributed by atoms with van der Waals surface area (Å²) in [5, 5.41) is 3.36. The Morgan fingerprint density at radius 3 is 3.06 bits per heavy atom. The summed E-state index contributed by atoms with van der Waals surface area (Å²) in [6, 6.07) is 8.47. The number of nitrogens with one attached hydrogen (secondary N) is 1. The van der Waals surface area contributed by atoms with Crippen LogP contribution in [0.3, 0.4) is 0 Å². The average molecular weight is 218 g/mol. The smallest absolute Gasteiger partial charge is 0.410 e. The Kier molecular flexibility index (Phi) is 2.20. The maximum absolute atomic E-state index is 11.5. The van der Waals surface area contributed by atoms with Gasteiger partial charge in [0, 0.05) is 12.2 Å². The van der Waals surface area contributed by atoms with Gasteiger partial charge in [-0.15, -0.1) is 0 Å². The van der Waals surface area contributed by atoms with Gasteiger partial charge in [-0.2, -0.15) is 0 Å². The molecule has 0 spiro atoms. The molecule has 4 nitrogen and oxygen atoms in total. The number of nitrogens with zero attached hydrogens (tertiary/aromatic N) is 1. The lowest BCUT2D eigenvalue weighted by atomic mass is 9.99. The summed E-state index contributed by atoms with van der Waals surface area (Å²) in [6.07, 6.45) is 0.740. The first-order valence-electron chi connectivity index (χ1n) is 5.60. The van der Waals surface area contributed by atoms with E-state index in [-0.39, 0.29) is 12.1 Å². The van der Waals surface area contributed by atoms with Crippen LogP contribution in [0.25, 0.3) is 0 Å². The molecular weight excluding hydrogens is 204 g/mol. The molecule has 2 heterocycles. The number of benzene rings is 1. The van der Waals surface area contributed by atoms with Crippen molar-refractivity contribution < 1.29 is 9.53 Å². The van der Waals surface area contributed by atoms with Gasteiger partial charge in [-0.25, -0.2) is 4.79 Å². The lowest BCUT2D eigenvalue weighted by Crippen LogP contribution is -2.44. The van der Waals surface area contributed by atoms with Crippen LogP contribution in [0.5, 0.6) is 0 Å². The molecule has 0 aliphatic carbocycles. The molecule has 4 heteroatoms. The first-order valence-corrected chi connectivity index (χ1v) is 5.60. The molecule has 0 aromatic heterocycles. The van der Waals surface area contributed by atoms with Gasteiger partial charge < -0.3 is 10.1 Å². The van der Waals surface area contributed by atoms with Crippen LogP contribution in [-0.2, 0) is 11.2 Å². The zero-order valence-electron chi connectivity index (χ0n) is 8.98. The second-order valence-electron chi connectivity index (χ2n) is 4.20. The van der Waals surface area contributed by atoms with Crippen molar-refractivity contribution in [1.29, 1.82) is 0 Å². The molecule has 1 unspecified atom stereocenters.